The highest BCUT2D eigenvalue weighted by atomic mass is 14.8. The smallest absolute Gasteiger partial charge is 0.00208 e. The van der Waals surface area contributed by atoms with Crippen LogP contribution in [0.25, 0.3) is 0 Å². The maximum absolute atomic E-state index is 3.83. The molecule has 0 radical (unpaired) electrons. The molecule has 1 saturated carbocycles. The van der Waals surface area contributed by atoms with Gasteiger partial charge in [-0.15, -0.1) is 6.58 Å². The van der Waals surface area contributed by atoms with Crippen LogP contribution in [0.5, 0.6) is 0 Å². The molecule has 0 aliphatic heterocycles. The van der Waals surface area contributed by atoms with Gasteiger partial charge in [0.2, 0.25) is 0 Å². The van der Waals surface area contributed by atoms with Crippen molar-refractivity contribution in [1.29, 1.82) is 0 Å². The summed E-state index contributed by atoms with van der Waals surface area (Å²) in [7, 11) is 2.06. The van der Waals surface area contributed by atoms with Crippen molar-refractivity contribution in [2.45, 2.75) is 32.1 Å². The van der Waals surface area contributed by atoms with Gasteiger partial charge in [0.15, 0.2) is 0 Å². The predicted molar refractivity (Wildman–Crippen MR) is 54.2 cm³/mol. The molecular weight excluding hydrogens is 146 g/mol. The van der Waals surface area contributed by atoms with E-state index in [1.807, 2.05) is 0 Å². The van der Waals surface area contributed by atoms with E-state index in [4.69, 9.17) is 0 Å². The molecule has 70 valence electrons. The summed E-state index contributed by atoms with van der Waals surface area (Å²) in [4.78, 5) is 0. The van der Waals surface area contributed by atoms with Crippen molar-refractivity contribution in [2.75, 3.05) is 13.6 Å². The largest absolute Gasteiger partial charge is 0.319 e. The lowest BCUT2D eigenvalue weighted by atomic mass is 9.77. The monoisotopic (exact) mass is 167 g/mol. The van der Waals surface area contributed by atoms with Crippen LogP contribution < -0.4 is 5.32 Å². The third-order valence-electron chi connectivity index (χ3n) is 3.00. The SMILES string of the molecule is C=CCC1CCCCC1CNC. The molecule has 0 spiro atoms. The fraction of sp³-hybridized carbons (Fsp3) is 0.818. The first-order chi connectivity index (χ1) is 5.88. The van der Waals surface area contributed by atoms with Gasteiger partial charge in [0, 0.05) is 0 Å². The topological polar surface area (TPSA) is 12.0 Å². The molecule has 0 aromatic carbocycles. The minimum absolute atomic E-state index is 0.904. The molecule has 1 aliphatic carbocycles. The fourth-order valence-corrected chi connectivity index (χ4v) is 2.34. The molecule has 1 rings (SSSR count). The summed E-state index contributed by atoms with van der Waals surface area (Å²) < 4.78 is 0. The molecule has 1 fully saturated rings. The van der Waals surface area contributed by atoms with Crippen LogP contribution in [0, 0.1) is 11.8 Å². The van der Waals surface area contributed by atoms with Crippen molar-refractivity contribution in [3.05, 3.63) is 12.7 Å². The lowest BCUT2D eigenvalue weighted by Crippen LogP contribution is -2.28. The highest BCUT2D eigenvalue weighted by Gasteiger charge is 2.22. The van der Waals surface area contributed by atoms with Gasteiger partial charge >= 0.3 is 0 Å². The maximum atomic E-state index is 3.83. The zero-order valence-corrected chi connectivity index (χ0v) is 8.18. The van der Waals surface area contributed by atoms with Gasteiger partial charge in [-0.2, -0.15) is 0 Å². The lowest BCUT2D eigenvalue weighted by Gasteiger charge is -2.30. The van der Waals surface area contributed by atoms with Gasteiger partial charge in [-0.1, -0.05) is 18.9 Å². The average Bonchev–Trinajstić information content (AvgIpc) is 2.09. The average molecular weight is 167 g/mol. The number of allylic oxidation sites excluding steroid dienone is 1. The third-order valence-corrected chi connectivity index (χ3v) is 3.00. The molecule has 1 nitrogen and oxygen atoms in total. The summed E-state index contributed by atoms with van der Waals surface area (Å²) in [5, 5.41) is 3.29. The fourth-order valence-electron chi connectivity index (χ4n) is 2.34. The summed E-state index contributed by atoms with van der Waals surface area (Å²) in [5.74, 6) is 1.81. The molecule has 0 amide bonds. The molecule has 2 unspecified atom stereocenters. The van der Waals surface area contributed by atoms with E-state index in [0.717, 1.165) is 11.8 Å². The first-order valence-electron chi connectivity index (χ1n) is 5.14. The Hall–Kier alpha value is -0.300. The minimum Gasteiger partial charge on any atom is -0.319 e. The Kier molecular flexibility index (Phi) is 4.37. The second kappa shape index (κ2) is 5.36. The van der Waals surface area contributed by atoms with E-state index in [9.17, 15) is 0 Å². The number of rotatable bonds is 4. The van der Waals surface area contributed by atoms with Gasteiger partial charge < -0.3 is 5.32 Å². The van der Waals surface area contributed by atoms with Crippen LogP contribution in [0.2, 0.25) is 0 Å². The van der Waals surface area contributed by atoms with Gasteiger partial charge in [0.1, 0.15) is 0 Å². The first kappa shape index (κ1) is 9.79. The van der Waals surface area contributed by atoms with E-state index in [0.29, 0.717) is 0 Å². The lowest BCUT2D eigenvalue weighted by molar-refractivity contribution is 0.235. The highest BCUT2D eigenvalue weighted by Crippen LogP contribution is 2.31. The van der Waals surface area contributed by atoms with Crippen molar-refractivity contribution < 1.29 is 0 Å². The molecule has 12 heavy (non-hydrogen) atoms. The second-order valence-corrected chi connectivity index (χ2v) is 3.89. The van der Waals surface area contributed by atoms with Gasteiger partial charge in [0.05, 0.1) is 0 Å². The molecule has 0 saturated heterocycles. The van der Waals surface area contributed by atoms with Crippen molar-refractivity contribution >= 4 is 0 Å². The summed E-state index contributed by atoms with van der Waals surface area (Å²) in [6.45, 7) is 5.02. The Morgan fingerprint density at radius 1 is 1.33 bits per heavy atom. The summed E-state index contributed by atoms with van der Waals surface area (Å²) in [5.41, 5.74) is 0. The maximum Gasteiger partial charge on any atom is -0.00208 e. The van der Waals surface area contributed by atoms with Crippen molar-refractivity contribution in [3.8, 4) is 0 Å². The van der Waals surface area contributed by atoms with Gasteiger partial charge in [0.25, 0.3) is 0 Å². The number of hydrogen-bond donors (Lipinski definition) is 1. The standard InChI is InChI=1S/C11H21N/c1-3-6-10-7-4-5-8-11(10)9-12-2/h3,10-12H,1,4-9H2,2H3. The van der Waals surface area contributed by atoms with Crippen LogP contribution in [0.3, 0.4) is 0 Å². The zero-order chi connectivity index (χ0) is 8.81. The van der Waals surface area contributed by atoms with Crippen LogP contribution in [-0.2, 0) is 0 Å². The summed E-state index contributed by atoms with van der Waals surface area (Å²) in [6, 6.07) is 0. The quantitative estimate of drug-likeness (QED) is 0.635. The second-order valence-electron chi connectivity index (χ2n) is 3.89. The molecule has 1 aliphatic rings. The van der Waals surface area contributed by atoms with Crippen LogP contribution in [0.15, 0.2) is 12.7 Å². The molecule has 0 aromatic rings. The predicted octanol–water partition coefficient (Wildman–Crippen LogP) is 2.59. The Morgan fingerprint density at radius 3 is 2.58 bits per heavy atom. The van der Waals surface area contributed by atoms with Gasteiger partial charge in [-0.3, -0.25) is 0 Å². The van der Waals surface area contributed by atoms with Gasteiger partial charge in [-0.05, 0) is 44.7 Å². The van der Waals surface area contributed by atoms with E-state index in [1.54, 1.807) is 0 Å². The number of nitrogens with one attached hydrogen (secondary N) is 1. The van der Waals surface area contributed by atoms with E-state index in [-0.39, 0.29) is 0 Å². The van der Waals surface area contributed by atoms with E-state index >= 15 is 0 Å². The molecule has 0 bridgehead atoms. The number of hydrogen-bond acceptors (Lipinski definition) is 1. The molecule has 1 heteroatoms. The van der Waals surface area contributed by atoms with Crippen LogP contribution in [-0.4, -0.2) is 13.6 Å². The first-order valence-corrected chi connectivity index (χ1v) is 5.14. The normalized spacial score (nSPS) is 30.1. The van der Waals surface area contributed by atoms with E-state index < -0.39 is 0 Å². The highest BCUT2D eigenvalue weighted by molar-refractivity contribution is 4.82. The van der Waals surface area contributed by atoms with Crippen molar-refractivity contribution in [1.82, 2.24) is 5.32 Å². The van der Waals surface area contributed by atoms with Crippen molar-refractivity contribution in [2.24, 2.45) is 11.8 Å². The van der Waals surface area contributed by atoms with E-state index in [2.05, 4.69) is 25.0 Å². The molecule has 1 N–H and O–H groups in total. The summed E-state index contributed by atoms with van der Waals surface area (Å²) >= 11 is 0. The summed E-state index contributed by atoms with van der Waals surface area (Å²) in [6.07, 6.45) is 8.99. The Bertz CT molecular complexity index is 129. The third kappa shape index (κ3) is 2.63. The zero-order valence-electron chi connectivity index (χ0n) is 8.18. The van der Waals surface area contributed by atoms with E-state index in [1.165, 1.54) is 38.6 Å². The Morgan fingerprint density at radius 2 is 2.00 bits per heavy atom. The Balaban J connectivity index is 2.36. The molecule has 0 aromatic heterocycles. The Labute approximate surface area is 76.2 Å². The van der Waals surface area contributed by atoms with Crippen LogP contribution >= 0.6 is 0 Å². The molecule has 0 heterocycles. The van der Waals surface area contributed by atoms with Crippen LogP contribution in [0.1, 0.15) is 32.1 Å². The minimum atomic E-state index is 0.904. The van der Waals surface area contributed by atoms with Crippen molar-refractivity contribution in [3.63, 3.8) is 0 Å². The molecular formula is C11H21N. The molecule has 2 atom stereocenters. The van der Waals surface area contributed by atoms with Crippen LogP contribution in [0.4, 0.5) is 0 Å². The van der Waals surface area contributed by atoms with Gasteiger partial charge in [-0.25, -0.2) is 0 Å².